The van der Waals surface area contributed by atoms with Crippen molar-refractivity contribution in [2.75, 3.05) is 0 Å². The van der Waals surface area contributed by atoms with Crippen molar-refractivity contribution < 1.29 is 0 Å². The number of aryl methyl sites for hydroxylation is 1. The molecule has 3 aromatic rings. The number of hydrogen-bond donors (Lipinski definition) is 0. The zero-order valence-corrected chi connectivity index (χ0v) is 11.1. The minimum Gasteiger partial charge on any atom is -0.339 e. The number of benzene rings is 1. The van der Waals surface area contributed by atoms with Crippen LogP contribution in [0.4, 0.5) is 0 Å². The summed E-state index contributed by atoms with van der Waals surface area (Å²) >= 11 is 0. The molecule has 0 aliphatic carbocycles. The second-order valence-corrected chi connectivity index (χ2v) is 5.36. The zero-order valence-electron chi connectivity index (χ0n) is 11.1. The van der Waals surface area contributed by atoms with Crippen LogP contribution in [0.1, 0.15) is 19.5 Å². The van der Waals surface area contributed by atoms with Crippen LogP contribution >= 0.6 is 0 Å². The maximum absolute atomic E-state index is 4.45. The van der Waals surface area contributed by atoms with Gasteiger partial charge in [0.05, 0.1) is 11.7 Å². The summed E-state index contributed by atoms with van der Waals surface area (Å²) in [5.74, 6) is 0.630. The Morgan fingerprint density at radius 3 is 2.67 bits per heavy atom. The van der Waals surface area contributed by atoms with Crippen LogP contribution in [0.2, 0.25) is 0 Å². The smallest absolute Gasteiger partial charge is 0.0678 e. The molecule has 0 amide bonds. The summed E-state index contributed by atoms with van der Waals surface area (Å²) in [5, 5.41) is 2.65. The minimum absolute atomic E-state index is 0.630. The highest BCUT2D eigenvalue weighted by atomic mass is 15.0. The zero-order chi connectivity index (χ0) is 12.7. The van der Waals surface area contributed by atoms with Gasteiger partial charge in [-0.2, -0.15) is 0 Å². The van der Waals surface area contributed by atoms with E-state index in [4.69, 9.17) is 0 Å². The predicted molar refractivity (Wildman–Crippen MR) is 76.8 cm³/mol. The average Bonchev–Trinajstić information content (AvgIpc) is 2.64. The van der Waals surface area contributed by atoms with Crippen LogP contribution in [0.25, 0.3) is 21.8 Å². The minimum atomic E-state index is 0.630. The summed E-state index contributed by atoms with van der Waals surface area (Å²) in [6.45, 7) is 7.59. The lowest BCUT2D eigenvalue weighted by Crippen LogP contribution is -2.03. The molecule has 2 aromatic heterocycles. The molecule has 0 saturated carbocycles. The first kappa shape index (κ1) is 11.3. The average molecular weight is 238 g/mol. The third-order valence-electron chi connectivity index (χ3n) is 3.34. The third-order valence-corrected chi connectivity index (χ3v) is 3.34. The molecule has 2 heteroatoms. The number of hydrogen-bond acceptors (Lipinski definition) is 1. The fraction of sp³-hybridized carbons (Fsp3) is 0.312. The normalized spacial score (nSPS) is 11.8. The van der Waals surface area contributed by atoms with Crippen LogP contribution < -0.4 is 0 Å². The van der Waals surface area contributed by atoms with Gasteiger partial charge < -0.3 is 4.57 Å². The Balaban J connectivity index is 2.42. The molecule has 0 aliphatic rings. The van der Waals surface area contributed by atoms with Gasteiger partial charge in [-0.3, -0.25) is 4.98 Å². The number of fused-ring (bicyclic) bond motifs is 3. The van der Waals surface area contributed by atoms with Gasteiger partial charge in [0.1, 0.15) is 0 Å². The predicted octanol–water partition coefficient (Wildman–Crippen LogP) is 4.15. The van der Waals surface area contributed by atoms with Crippen molar-refractivity contribution in [1.82, 2.24) is 9.55 Å². The van der Waals surface area contributed by atoms with Gasteiger partial charge in [0.15, 0.2) is 0 Å². The number of aromatic nitrogens is 2. The van der Waals surface area contributed by atoms with E-state index < -0.39 is 0 Å². The molecule has 0 atom stereocenters. The molecular weight excluding hydrogens is 220 g/mol. The Morgan fingerprint density at radius 2 is 1.89 bits per heavy atom. The fourth-order valence-electron chi connectivity index (χ4n) is 2.61. The van der Waals surface area contributed by atoms with Gasteiger partial charge >= 0.3 is 0 Å². The van der Waals surface area contributed by atoms with Gasteiger partial charge in [-0.25, -0.2) is 0 Å². The molecule has 0 radical (unpaired) electrons. The van der Waals surface area contributed by atoms with E-state index in [1.165, 1.54) is 21.8 Å². The van der Waals surface area contributed by atoms with Crippen LogP contribution in [0.5, 0.6) is 0 Å². The number of rotatable bonds is 2. The van der Waals surface area contributed by atoms with Crippen molar-refractivity contribution in [3.05, 3.63) is 42.2 Å². The molecule has 0 N–H and O–H groups in total. The summed E-state index contributed by atoms with van der Waals surface area (Å²) in [6, 6.07) is 10.8. The Hall–Kier alpha value is -1.83. The Bertz CT molecular complexity index is 708. The second kappa shape index (κ2) is 4.13. The second-order valence-electron chi connectivity index (χ2n) is 5.36. The summed E-state index contributed by atoms with van der Waals surface area (Å²) in [7, 11) is 0. The van der Waals surface area contributed by atoms with Gasteiger partial charge in [0.2, 0.25) is 0 Å². The summed E-state index contributed by atoms with van der Waals surface area (Å²) in [5.41, 5.74) is 3.64. The quantitative estimate of drug-likeness (QED) is 0.655. The van der Waals surface area contributed by atoms with Gasteiger partial charge in [0.25, 0.3) is 0 Å². The summed E-state index contributed by atoms with van der Waals surface area (Å²) in [4.78, 5) is 4.45. The molecule has 0 spiro atoms. The van der Waals surface area contributed by atoms with Gasteiger partial charge in [0, 0.05) is 28.5 Å². The largest absolute Gasteiger partial charge is 0.339 e. The highest BCUT2D eigenvalue weighted by molar-refractivity contribution is 6.07. The first-order valence-electron chi connectivity index (χ1n) is 6.50. The van der Waals surface area contributed by atoms with Gasteiger partial charge in [-0.05, 0) is 25.0 Å². The number of para-hydroxylation sites is 1. The molecule has 2 heterocycles. The molecule has 0 saturated heterocycles. The standard InChI is InChI=1S/C16H18N2/c1-11(2)10-18-15-7-5-4-6-13(15)14-8-12(3)17-9-16(14)18/h4-9,11H,10H2,1-3H3. The number of nitrogens with zero attached hydrogens (tertiary/aromatic N) is 2. The Kier molecular flexibility index (Phi) is 2.58. The van der Waals surface area contributed by atoms with E-state index in [-0.39, 0.29) is 0 Å². The maximum Gasteiger partial charge on any atom is 0.0678 e. The Morgan fingerprint density at radius 1 is 1.11 bits per heavy atom. The molecular formula is C16H18N2. The van der Waals surface area contributed by atoms with Crippen molar-refractivity contribution in [3.63, 3.8) is 0 Å². The van der Waals surface area contributed by atoms with E-state index in [1.54, 1.807) is 0 Å². The number of pyridine rings is 1. The van der Waals surface area contributed by atoms with E-state index in [0.717, 1.165) is 12.2 Å². The molecule has 92 valence electrons. The topological polar surface area (TPSA) is 17.8 Å². The first-order valence-corrected chi connectivity index (χ1v) is 6.50. The lowest BCUT2D eigenvalue weighted by Gasteiger charge is -2.09. The van der Waals surface area contributed by atoms with Gasteiger partial charge in [-0.15, -0.1) is 0 Å². The monoisotopic (exact) mass is 238 g/mol. The van der Waals surface area contributed by atoms with E-state index in [9.17, 15) is 0 Å². The highest BCUT2D eigenvalue weighted by Crippen LogP contribution is 2.29. The van der Waals surface area contributed by atoms with E-state index in [0.29, 0.717) is 5.92 Å². The molecule has 3 rings (SSSR count). The SMILES string of the molecule is Cc1cc2c3ccccc3n(CC(C)C)c2cn1. The van der Waals surface area contributed by atoms with Crippen molar-refractivity contribution in [3.8, 4) is 0 Å². The van der Waals surface area contributed by atoms with Crippen molar-refractivity contribution in [2.24, 2.45) is 5.92 Å². The fourth-order valence-corrected chi connectivity index (χ4v) is 2.61. The van der Waals surface area contributed by atoms with Crippen molar-refractivity contribution in [2.45, 2.75) is 27.3 Å². The van der Waals surface area contributed by atoms with Crippen LogP contribution in [0, 0.1) is 12.8 Å². The lowest BCUT2D eigenvalue weighted by molar-refractivity contribution is 0.545. The molecule has 0 bridgehead atoms. The molecule has 2 nitrogen and oxygen atoms in total. The van der Waals surface area contributed by atoms with Gasteiger partial charge in [-0.1, -0.05) is 32.0 Å². The van der Waals surface area contributed by atoms with Crippen LogP contribution in [-0.2, 0) is 6.54 Å². The first-order chi connectivity index (χ1) is 8.66. The van der Waals surface area contributed by atoms with E-state index in [2.05, 4.69) is 53.7 Å². The van der Waals surface area contributed by atoms with E-state index >= 15 is 0 Å². The summed E-state index contributed by atoms with van der Waals surface area (Å²) < 4.78 is 2.39. The van der Waals surface area contributed by atoms with Crippen molar-refractivity contribution >= 4 is 21.8 Å². The molecule has 0 aliphatic heterocycles. The highest BCUT2D eigenvalue weighted by Gasteiger charge is 2.11. The summed E-state index contributed by atoms with van der Waals surface area (Å²) in [6.07, 6.45) is 2.01. The van der Waals surface area contributed by atoms with Crippen LogP contribution in [0.3, 0.4) is 0 Å². The third kappa shape index (κ3) is 1.69. The molecule has 0 fully saturated rings. The van der Waals surface area contributed by atoms with Crippen LogP contribution in [-0.4, -0.2) is 9.55 Å². The van der Waals surface area contributed by atoms with Crippen LogP contribution in [0.15, 0.2) is 36.5 Å². The molecule has 1 aromatic carbocycles. The van der Waals surface area contributed by atoms with Crippen molar-refractivity contribution in [1.29, 1.82) is 0 Å². The molecule has 18 heavy (non-hydrogen) atoms. The lowest BCUT2D eigenvalue weighted by atomic mass is 10.2. The Labute approximate surface area is 107 Å². The molecule has 0 unspecified atom stereocenters. The maximum atomic E-state index is 4.45. The van der Waals surface area contributed by atoms with E-state index in [1.807, 2.05) is 13.1 Å².